The van der Waals surface area contributed by atoms with Crippen LogP contribution in [0.5, 0.6) is 0 Å². The number of hydrogen-bond donors (Lipinski definition) is 3. The molecule has 4 heteroatoms. The molecular weight excluding hydrogens is 316 g/mol. The number of Topliss-reactive ketones (excluding diaryl/α,β-unsaturated/α-hetero) is 1. The molecule has 25 heavy (non-hydrogen) atoms. The first-order valence-corrected chi connectivity index (χ1v) is 8.97. The number of rotatable bonds is 6. The summed E-state index contributed by atoms with van der Waals surface area (Å²) in [7, 11) is 0. The largest absolute Gasteiger partial charge is 0.512 e. The van der Waals surface area contributed by atoms with Crippen molar-refractivity contribution in [2.45, 2.75) is 84.8 Å². The number of allylic oxidation sites excluding steroid dienone is 3. The topological polar surface area (TPSA) is 77.8 Å². The summed E-state index contributed by atoms with van der Waals surface area (Å²) in [5, 5.41) is 31.7. The SMILES string of the molecule is CC(C)=CCC/C(C)=C/CC1(O)CC(O)=CC(O)(C(=O)C(C)(C)C)C1. The minimum Gasteiger partial charge on any atom is -0.512 e. The summed E-state index contributed by atoms with van der Waals surface area (Å²) in [5.41, 5.74) is -1.50. The van der Waals surface area contributed by atoms with Crippen molar-refractivity contribution in [3.63, 3.8) is 0 Å². The molecule has 0 amide bonds. The van der Waals surface area contributed by atoms with Crippen LogP contribution in [0.25, 0.3) is 0 Å². The minimum atomic E-state index is -1.83. The molecule has 0 saturated heterocycles. The minimum absolute atomic E-state index is 0.0461. The monoisotopic (exact) mass is 350 g/mol. The Morgan fingerprint density at radius 1 is 1.20 bits per heavy atom. The van der Waals surface area contributed by atoms with Gasteiger partial charge in [-0.3, -0.25) is 4.79 Å². The van der Waals surface area contributed by atoms with E-state index in [4.69, 9.17) is 0 Å². The van der Waals surface area contributed by atoms with Gasteiger partial charge in [0.2, 0.25) is 0 Å². The summed E-state index contributed by atoms with van der Waals surface area (Å²) < 4.78 is 0. The maximum atomic E-state index is 12.6. The second-order valence-corrected chi connectivity index (χ2v) is 8.79. The van der Waals surface area contributed by atoms with E-state index in [9.17, 15) is 20.1 Å². The molecule has 0 aromatic carbocycles. The van der Waals surface area contributed by atoms with Crippen LogP contribution in [0.3, 0.4) is 0 Å². The van der Waals surface area contributed by atoms with Gasteiger partial charge in [0.15, 0.2) is 5.78 Å². The zero-order valence-electron chi connectivity index (χ0n) is 16.5. The lowest BCUT2D eigenvalue weighted by Gasteiger charge is -2.40. The summed E-state index contributed by atoms with van der Waals surface area (Å²) in [6.07, 6.45) is 7.39. The molecule has 142 valence electrons. The fourth-order valence-electron chi connectivity index (χ4n) is 3.27. The predicted octanol–water partition coefficient (Wildman–Crippen LogP) is 4.38. The Labute approximate surface area is 152 Å². The zero-order chi connectivity index (χ0) is 19.5. The van der Waals surface area contributed by atoms with Crippen LogP contribution >= 0.6 is 0 Å². The van der Waals surface area contributed by atoms with Gasteiger partial charge in [-0.2, -0.15) is 0 Å². The van der Waals surface area contributed by atoms with Crippen molar-refractivity contribution in [2.24, 2.45) is 5.41 Å². The Morgan fingerprint density at radius 2 is 1.80 bits per heavy atom. The average Bonchev–Trinajstić information content (AvgIpc) is 2.41. The molecule has 0 bridgehead atoms. The van der Waals surface area contributed by atoms with Crippen LogP contribution in [0, 0.1) is 5.41 Å². The average molecular weight is 350 g/mol. The Morgan fingerprint density at radius 3 is 2.32 bits per heavy atom. The highest BCUT2D eigenvalue weighted by atomic mass is 16.3. The van der Waals surface area contributed by atoms with E-state index >= 15 is 0 Å². The van der Waals surface area contributed by atoms with Crippen molar-refractivity contribution in [3.05, 3.63) is 35.1 Å². The van der Waals surface area contributed by atoms with Crippen LogP contribution in [0.15, 0.2) is 35.1 Å². The molecule has 2 atom stereocenters. The summed E-state index contributed by atoms with van der Waals surface area (Å²) in [5.74, 6) is -0.529. The molecule has 0 spiro atoms. The van der Waals surface area contributed by atoms with Crippen molar-refractivity contribution in [1.29, 1.82) is 0 Å². The maximum absolute atomic E-state index is 12.6. The molecule has 1 aliphatic rings. The lowest BCUT2D eigenvalue weighted by atomic mass is 9.70. The molecule has 4 nitrogen and oxygen atoms in total. The third kappa shape index (κ3) is 6.44. The highest BCUT2D eigenvalue weighted by Crippen LogP contribution is 2.40. The maximum Gasteiger partial charge on any atom is 0.173 e. The van der Waals surface area contributed by atoms with Crippen molar-refractivity contribution < 1.29 is 20.1 Å². The molecule has 2 unspecified atom stereocenters. The van der Waals surface area contributed by atoms with Gasteiger partial charge in [0, 0.05) is 18.3 Å². The van der Waals surface area contributed by atoms with E-state index in [1.165, 1.54) is 11.6 Å². The quantitative estimate of drug-likeness (QED) is 0.621. The molecule has 0 aromatic rings. The molecule has 0 heterocycles. The van der Waals surface area contributed by atoms with Gasteiger partial charge in [-0.15, -0.1) is 0 Å². The van der Waals surface area contributed by atoms with E-state index in [0.29, 0.717) is 6.42 Å². The molecule has 3 N–H and O–H groups in total. The Hall–Kier alpha value is -1.39. The van der Waals surface area contributed by atoms with E-state index in [1.54, 1.807) is 20.8 Å². The first kappa shape index (κ1) is 21.7. The van der Waals surface area contributed by atoms with E-state index in [1.807, 2.05) is 13.0 Å². The number of aliphatic hydroxyl groups excluding tert-OH is 1. The lowest BCUT2D eigenvalue weighted by Crippen LogP contribution is -2.52. The second kappa shape index (κ2) is 7.88. The van der Waals surface area contributed by atoms with Crippen LogP contribution < -0.4 is 0 Å². The third-order valence-electron chi connectivity index (χ3n) is 4.51. The fraction of sp³-hybridized carbons (Fsp3) is 0.667. The van der Waals surface area contributed by atoms with Crippen LogP contribution in [-0.2, 0) is 4.79 Å². The molecule has 0 aromatic heterocycles. The molecule has 0 fully saturated rings. The Kier molecular flexibility index (Phi) is 6.82. The fourth-order valence-corrected chi connectivity index (χ4v) is 3.27. The van der Waals surface area contributed by atoms with Crippen LogP contribution in [0.4, 0.5) is 0 Å². The summed E-state index contributed by atoms with van der Waals surface area (Å²) in [6.45, 7) is 11.3. The number of hydrogen-bond acceptors (Lipinski definition) is 4. The first-order valence-electron chi connectivity index (χ1n) is 8.97. The first-order chi connectivity index (χ1) is 11.3. The number of ketones is 1. The van der Waals surface area contributed by atoms with E-state index in [-0.39, 0.29) is 18.6 Å². The number of aliphatic hydroxyl groups is 3. The van der Waals surface area contributed by atoms with E-state index < -0.39 is 22.4 Å². The van der Waals surface area contributed by atoms with Gasteiger partial charge in [0.1, 0.15) is 5.60 Å². The smallest absolute Gasteiger partial charge is 0.173 e. The molecule has 1 rings (SSSR count). The number of carbonyl (C=O) groups excluding carboxylic acids is 1. The summed E-state index contributed by atoms with van der Waals surface area (Å²) in [4.78, 5) is 12.6. The standard InChI is InChI=1S/C21H34O4/c1-15(2)8-7-9-16(3)10-11-20(24)12-17(22)13-21(25,14-20)18(23)19(4,5)6/h8,10,13,22,24-25H,7,9,11-12,14H2,1-6H3/b16-10+. The van der Waals surface area contributed by atoms with Crippen LogP contribution in [0.2, 0.25) is 0 Å². The third-order valence-corrected chi connectivity index (χ3v) is 4.51. The van der Waals surface area contributed by atoms with Gasteiger partial charge in [-0.25, -0.2) is 0 Å². The summed E-state index contributed by atoms with van der Waals surface area (Å²) >= 11 is 0. The van der Waals surface area contributed by atoms with E-state index in [0.717, 1.165) is 18.4 Å². The Balaban J connectivity index is 2.89. The molecule has 0 saturated carbocycles. The summed E-state index contributed by atoms with van der Waals surface area (Å²) in [6, 6.07) is 0. The normalized spacial score (nSPS) is 27.7. The highest BCUT2D eigenvalue weighted by Gasteiger charge is 2.49. The Bertz CT molecular complexity index is 588. The van der Waals surface area contributed by atoms with Gasteiger partial charge < -0.3 is 15.3 Å². The van der Waals surface area contributed by atoms with Crippen molar-refractivity contribution in [2.75, 3.05) is 0 Å². The van der Waals surface area contributed by atoms with Gasteiger partial charge in [0.25, 0.3) is 0 Å². The highest BCUT2D eigenvalue weighted by molar-refractivity contribution is 5.93. The van der Waals surface area contributed by atoms with E-state index in [2.05, 4.69) is 19.9 Å². The zero-order valence-corrected chi connectivity index (χ0v) is 16.5. The van der Waals surface area contributed by atoms with Crippen molar-refractivity contribution in [1.82, 2.24) is 0 Å². The second-order valence-electron chi connectivity index (χ2n) is 8.79. The molecule has 1 aliphatic carbocycles. The van der Waals surface area contributed by atoms with Crippen molar-refractivity contribution >= 4 is 5.78 Å². The lowest BCUT2D eigenvalue weighted by molar-refractivity contribution is -0.149. The molecule has 0 aliphatic heterocycles. The van der Waals surface area contributed by atoms with Crippen LogP contribution in [0.1, 0.15) is 73.6 Å². The predicted molar refractivity (Wildman–Crippen MR) is 101 cm³/mol. The van der Waals surface area contributed by atoms with Gasteiger partial charge >= 0.3 is 0 Å². The molecular formula is C21H34O4. The van der Waals surface area contributed by atoms with Crippen molar-refractivity contribution in [3.8, 4) is 0 Å². The van der Waals surface area contributed by atoms with Crippen LogP contribution in [-0.4, -0.2) is 32.3 Å². The number of carbonyl (C=O) groups is 1. The molecule has 0 radical (unpaired) electrons. The van der Waals surface area contributed by atoms with Gasteiger partial charge in [-0.1, -0.05) is 44.1 Å². The van der Waals surface area contributed by atoms with Gasteiger partial charge in [-0.05, 0) is 46.1 Å². The van der Waals surface area contributed by atoms with Gasteiger partial charge in [0.05, 0.1) is 11.4 Å².